The predicted molar refractivity (Wildman–Crippen MR) is 121 cm³/mol. The van der Waals surface area contributed by atoms with Gasteiger partial charge in [0.15, 0.2) is 0 Å². The van der Waals surface area contributed by atoms with Gasteiger partial charge in [0.1, 0.15) is 5.82 Å². The van der Waals surface area contributed by atoms with E-state index in [1.54, 1.807) is 5.01 Å². The second-order valence-electron chi connectivity index (χ2n) is 7.81. The van der Waals surface area contributed by atoms with Crippen LogP contribution in [0.4, 0.5) is 0 Å². The molecule has 1 aromatic carbocycles. The molecule has 0 saturated carbocycles. The topological polar surface area (TPSA) is 97.9 Å². The maximum atomic E-state index is 12.9. The van der Waals surface area contributed by atoms with Gasteiger partial charge in [-0.15, -0.1) is 0 Å². The molecule has 2 aliphatic heterocycles. The van der Waals surface area contributed by atoms with Crippen molar-refractivity contribution in [1.82, 2.24) is 20.2 Å². The van der Waals surface area contributed by atoms with E-state index in [1.165, 1.54) is 5.56 Å². The molecule has 30 heavy (non-hydrogen) atoms. The van der Waals surface area contributed by atoms with Gasteiger partial charge in [-0.05, 0) is 53.5 Å². The highest BCUT2D eigenvalue weighted by Crippen LogP contribution is 2.19. The van der Waals surface area contributed by atoms with Crippen molar-refractivity contribution in [1.29, 1.82) is 5.41 Å². The molecule has 0 unspecified atom stereocenters. The van der Waals surface area contributed by atoms with Crippen LogP contribution in [0.15, 0.2) is 34.6 Å². The summed E-state index contributed by atoms with van der Waals surface area (Å²) in [5.41, 5.74) is 10.9. The lowest BCUT2D eigenvalue weighted by atomic mass is 10.1. The van der Waals surface area contributed by atoms with Crippen LogP contribution >= 0.6 is 15.9 Å². The SMILES string of the molecule is CN1CCN(Cc2ccc(C(=O)NN(/C(N)=C(\Br)C=N)C3CCOCC3)cc2)CC1. The molecule has 0 radical (unpaired) electrons. The Morgan fingerprint density at radius 2 is 1.90 bits per heavy atom. The fraction of sp³-hybridized carbons (Fsp3) is 0.524. The van der Waals surface area contributed by atoms with Crippen molar-refractivity contribution >= 4 is 28.1 Å². The summed E-state index contributed by atoms with van der Waals surface area (Å²) < 4.78 is 5.86. The van der Waals surface area contributed by atoms with Crippen LogP contribution in [0, 0.1) is 5.41 Å². The van der Waals surface area contributed by atoms with Crippen molar-refractivity contribution in [2.45, 2.75) is 25.4 Å². The maximum Gasteiger partial charge on any atom is 0.269 e. The van der Waals surface area contributed by atoms with Crippen molar-refractivity contribution in [3.05, 3.63) is 45.7 Å². The summed E-state index contributed by atoms with van der Waals surface area (Å²) in [5, 5.41) is 9.12. The van der Waals surface area contributed by atoms with Gasteiger partial charge in [0.25, 0.3) is 5.91 Å². The van der Waals surface area contributed by atoms with Gasteiger partial charge in [0, 0.05) is 57.7 Å². The standard InChI is InChI=1S/C21H31BrN6O2/c1-26-8-10-27(11-9-26)15-16-2-4-17(5-3-16)21(29)25-28(20(24)19(22)14-23)18-6-12-30-13-7-18/h2-5,14,18,23H,6-13,15,24H2,1H3,(H,25,29)/b20-19-,23-14?. The van der Waals surface area contributed by atoms with Crippen molar-refractivity contribution in [2.24, 2.45) is 5.73 Å². The van der Waals surface area contributed by atoms with E-state index in [0.717, 1.165) is 51.8 Å². The molecule has 0 spiro atoms. The zero-order valence-corrected chi connectivity index (χ0v) is 19.0. The van der Waals surface area contributed by atoms with Crippen molar-refractivity contribution in [2.75, 3.05) is 46.4 Å². The van der Waals surface area contributed by atoms with Gasteiger partial charge >= 0.3 is 0 Å². The molecular formula is C21H31BrN6O2. The lowest BCUT2D eigenvalue weighted by Crippen LogP contribution is -2.51. The Kier molecular flexibility index (Phi) is 8.26. The van der Waals surface area contributed by atoms with E-state index < -0.39 is 0 Å². The molecule has 9 heteroatoms. The second kappa shape index (κ2) is 10.9. The first-order valence-corrected chi connectivity index (χ1v) is 11.1. The molecule has 1 amide bonds. The van der Waals surface area contributed by atoms with Gasteiger partial charge in [-0.25, -0.2) is 0 Å². The third-order valence-corrected chi connectivity index (χ3v) is 6.26. The van der Waals surface area contributed by atoms with E-state index in [1.807, 2.05) is 24.3 Å². The molecule has 3 rings (SSSR count). The number of allylic oxidation sites excluding steroid dienone is 1. The van der Waals surface area contributed by atoms with Gasteiger partial charge in [0.2, 0.25) is 0 Å². The normalized spacial score (nSPS) is 19.8. The Bertz CT molecular complexity index is 755. The van der Waals surface area contributed by atoms with Crippen molar-refractivity contribution in [3.63, 3.8) is 0 Å². The number of hydrogen-bond acceptors (Lipinski definition) is 7. The zero-order valence-electron chi connectivity index (χ0n) is 17.4. The van der Waals surface area contributed by atoms with E-state index in [2.05, 4.69) is 38.2 Å². The first-order chi connectivity index (χ1) is 14.5. The lowest BCUT2D eigenvalue weighted by Gasteiger charge is -2.36. The second-order valence-corrected chi connectivity index (χ2v) is 8.66. The summed E-state index contributed by atoms with van der Waals surface area (Å²) in [6, 6.07) is 7.76. The van der Waals surface area contributed by atoms with Crippen LogP contribution in [0.3, 0.4) is 0 Å². The number of halogens is 1. The van der Waals surface area contributed by atoms with E-state index in [-0.39, 0.29) is 11.9 Å². The van der Waals surface area contributed by atoms with E-state index in [0.29, 0.717) is 29.1 Å². The number of amides is 1. The number of nitrogens with one attached hydrogen (secondary N) is 2. The Hall–Kier alpha value is -1.94. The molecule has 1 aromatic rings. The van der Waals surface area contributed by atoms with Gasteiger partial charge in [-0.2, -0.15) is 0 Å². The molecule has 2 heterocycles. The van der Waals surface area contributed by atoms with Crippen molar-refractivity contribution < 1.29 is 9.53 Å². The van der Waals surface area contributed by atoms with Crippen molar-refractivity contribution in [3.8, 4) is 0 Å². The Balaban J connectivity index is 1.65. The molecule has 2 fully saturated rings. The number of carbonyl (C=O) groups is 1. The van der Waals surface area contributed by atoms with Crippen LogP contribution in [0.2, 0.25) is 0 Å². The van der Waals surface area contributed by atoms with Gasteiger partial charge in [-0.1, -0.05) is 12.1 Å². The molecule has 4 N–H and O–H groups in total. The first kappa shape index (κ1) is 22.7. The quantitative estimate of drug-likeness (QED) is 0.407. The average Bonchev–Trinajstić information content (AvgIpc) is 2.79. The van der Waals surface area contributed by atoms with Gasteiger partial charge in [0.05, 0.1) is 10.5 Å². The van der Waals surface area contributed by atoms with Crippen LogP contribution < -0.4 is 11.2 Å². The number of hydrazine groups is 1. The van der Waals surface area contributed by atoms with Crippen LogP contribution in [0.5, 0.6) is 0 Å². The number of piperazine rings is 1. The maximum absolute atomic E-state index is 12.9. The Morgan fingerprint density at radius 3 is 2.50 bits per heavy atom. The minimum Gasteiger partial charge on any atom is -0.383 e. The number of likely N-dealkylation sites (N-methyl/N-ethyl adjacent to an activating group) is 1. The lowest BCUT2D eigenvalue weighted by molar-refractivity contribution is 0.0263. The van der Waals surface area contributed by atoms with E-state index in [4.69, 9.17) is 15.9 Å². The average molecular weight is 479 g/mol. The Morgan fingerprint density at radius 1 is 1.27 bits per heavy atom. The molecule has 2 aliphatic rings. The largest absolute Gasteiger partial charge is 0.383 e. The smallest absolute Gasteiger partial charge is 0.269 e. The summed E-state index contributed by atoms with van der Waals surface area (Å²) in [5.74, 6) is 0.0952. The number of nitrogens with zero attached hydrogens (tertiary/aromatic N) is 3. The molecule has 0 atom stereocenters. The molecule has 8 nitrogen and oxygen atoms in total. The molecule has 2 saturated heterocycles. The number of rotatable bonds is 7. The van der Waals surface area contributed by atoms with Gasteiger partial charge < -0.3 is 20.8 Å². The first-order valence-electron chi connectivity index (χ1n) is 10.3. The summed E-state index contributed by atoms with van der Waals surface area (Å²) in [4.78, 5) is 17.7. The number of ether oxygens (including phenoxy) is 1. The molecule has 0 aliphatic carbocycles. The number of hydrogen-bond donors (Lipinski definition) is 3. The molecular weight excluding hydrogens is 448 g/mol. The molecule has 0 aromatic heterocycles. The van der Waals surface area contributed by atoms with E-state index >= 15 is 0 Å². The fourth-order valence-corrected chi connectivity index (χ4v) is 3.87. The Labute approximate surface area is 186 Å². The number of carbonyl (C=O) groups excluding carboxylic acids is 1. The highest BCUT2D eigenvalue weighted by molar-refractivity contribution is 9.12. The van der Waals surface area contributed by atoms with Crippen LogP contribution in [-0.4, -0.2) is 79.4 Å². The predicted octanol–water partition coefficient (Wildman–Crippen LogP) is 1.73. The highest BCUT2D eigenvalue weighted by atomic mass is 79.9. The third-order valence-electron chi connectivity index (χ3n) is 5.63. The fourth-order valence-electron chi connectivity index (χ4n) is 3.68. The van der Waals surface area contributed by atoms with E-state index in [9.17, 15) is 4.79 Å². The van der Waals surface area contributed by atoms with Crippen LogP contribution in [-0.2, 0) is 11.3 Å². The zero-order chi connectivity index (χ0) is 21.5. The summed E-state index contributed by atoms with van der Waals surface area (Å²) in [6.45, 7) is 6.43. The minimum atomic E-state index is -0.221. The summed E-state index contributed by atoms with van der Waals surface area (Å²) in [6.07, 6.45) is 2.63. The van der Waals surface area contributed by atoms with Crippen LogP contribution in [0.25, 0.3) is 0 Å². The molecule has 0 bridgehead atoms. The monoisotopic (exact) mass is 478 g/mol. The van der Waals surface area contributed by atoms with Crippen LogP contribution in [0.1, 0.15) is 28.8 Å². The highest BCUT2D eigenvalue weighted by Gasteiger charge is 2.26. The third kappa shape index (κ3) is 6.04. The summed E-state index contributed by atoms with van der Waals surface area (Å²) in [7, 11) is 2.15. The number of benzene rings is 1. The minimum absolute atomic E-state index is 0.0201. The summed E-state index contributed by atoms with van der Waals surface area (Å²) >= 11 is 3.30. The molecule has 164 valence electrons. The number of nitrogens with two attached hydrogens (primary N) is 1. The van der Waals surface area contributed by atoms with Gasteiger partial charge in [-0.3, -0.25) is 20.1 Å².